The van der Waals surface area contributed by atoms with Crippen molar-refractivity contribution >= 4 is 11.6 Å². The molecule has 1 heterocycles. The lowest BCUT2D eigenvalue weighted by atomic mass is 9.92. The molecule has 0 radical (unpaired) electrons. The first-order valence-electron chi connectivity index (χ1n) is 5.74. The van der Waals surface area contributed by atoms with Crippen LogP contribution in [0.4, 0.5) is 4.39 Å². The zero-order valence-corrected chi connectivity index (χ0v) is 10.8. The van der Waals surface area contributed by atoms with Crippen LogP contribution in [-0.4, -0.2) is 21.6 Å². The van der Waals surface area contributed by atoms with E-state index in [9.17, 15) is 9.50 Å². The number of nitrogens with two attached hydrogens (primary N) is 1. The van der Waals surface area contributed by atoms with E-state index in [1.54, 1.807) is 18.2 Å². The van der Waals surface area contributed by atoms with Crippen molar-refractivity contribution in [1.29, 1.82) is 0 Å². The van der Waals surface area contributed by atoms with Gasteiger partial charge in [0.2, 0.25) is 0 Å². The third kappa shape index (κ3) is 2.89. The van der Waals surface area contributed by atoms with Crippen molar-refractivity contribution in [3.63, 3.8) is 0 Å². The summed E-state index contributed by atoms with van der Waals surface area (Å²) in [6.45, 7) is 0.0523. The predicted molar refractivity (Wildman–Crippen MR) is 70.2 cm³/mol. The van der Waals surface area contributed by atoms with E-state index in [0.717, 1.165) is 0 Å². The molecule has 0 aliphatic carbocycles. The molecular weight excluding hydrogens is 269 g/mol. The van der Waals surface area contributed by atoms with Gasteiger partial charge in [-0.05, 0) is 17.7 Å². The second kappa shape index (κ2) is 6.06. The maximum atomic E-state index is 14.0. The number of aliphatic hydroxyl groups excluding tert-OH is 1. The average Bonchev–Trinajstić information content (AvgIpc) is 2.45. The molecular formula is C13H13ClFN3O. The number of benzene rings is 1. The van der Waals surface area contributed by atoms with E-state index in [1.807, 2.05) is 0 Å². The number of halogens is 2. The number of aromatic nitrogens is 2. The van der Waals surface area contributed by atoms with Crippen molar-refractivity contribution < 1.29 is 9.50 Å². The minimum absolute atomic E-state index is 0.00266. The van der Waals surface area contributed by atoms with Crippen molar-refractivity contribution in [2.45, 2.75) is 12.0 Å². The van der Waals surface area contributed by atoms with Gasteiger partial charge < -0.3 is 10.8 Å². The molecule has 3 N–H and O–H groups in total. The van der Waals surface area contributed by atoms with Crippen LogP contribution in [0, 0.1) is 5.82 Å². The normalized spacial score (nSPS) is 14.1. The summed E-state index contributed by atoms with van der Waals surface area (Å²) >= 11 is 5.74. The van der Waals surface area contributed by atoms with Gasteiger partial charge in [0.1, 0.15) is 11.9 Å². The maximum Gasteiger partial charge on any atom is 0.157 e. The van der Waals surface area contributed by atoms with Crippen LogP contribution in [0.3, 0.4) is 0 Å². The highest BCUT2D eigenvalue weighted by atomic mass is 35.5. The van der Waals surface area contributed by atoms with Crippen molar-refractivity contribution in [3.8, 4) is 0 Å². The number of aliphatic hydroxyl groups is 1. The lowest BCUT2D eigenvalue weighted by molar-refractivity contribution is 0.136. The second-order valence-electron chi connectivity index (χ2n) is 4.04. The van der Waals surface area contributed by atoms with Crippen LogP contribution >= 0.6 is 11.6 Å². The predicted octanol–water partition coefficient (Wildman–Crippen LogP) is 2.04. The molecule has 2 rings (SSSR count). The molecule has 2 aromatic rings. The average molecular weight is 282 g/mol. The molecule has 6 heteroatoms. The molecule has 100 valence electrons. The minimum atomic E-state index is -1.08. The van der Waals surface area contributed by atoms with E-state index in [4.69, 9.17) is 17.3 Å². The van der Waals surface area contributed by atoms with Gasteiger partial charge in [-0.2, -0.15) is 0 Å². The number of hydrogen-bond donors (Lipinski definition) is 2. The molecule has 0 fully saturated rings. The summed E-state index contributed by atoms with van der Waals surface area (Å²) < 4.78 is 14.0. The van der Waals surface area contributed by atoms with Crippen LogP contribution in [0.2, 0.25) is 5.02 Å². The highest BCUT2D eigenvalue weighted by Gasteiger charge is 2.26. The first-order chi connectivity index (χ1) is 9.15. The second-order valence-corrected chi connectivity index (χ2v) is 4.44. The summed E-state index contributed by atoms with van der Waals surface area (Å²) in [4.78, 5) is 7.91. The van der Waals surface area contributed by atoms with E-state index >= 15 is 0 Å². The maximum absolute atomic E-state index is 14.0. The van der Waals surface area contributed by atoms with Crippen LogP contribution in [0.25, 0.3) is 0 Å². The fourth-order valence-electron chi connectivity index (χ4n) is 1.88. The lowest BCUT2D eigenvalue weighted by Gasteiger charge is -2.21. The van der Waals surface area contributed by atoms with Crippen molar-refractivity contribution in [2.75, 3.05) is 6.54 Å². The smallest absolute Gasteiger partial charge is 0.157 e. The molecule has 0 aliphatic heterocycles. The van der Waals surface area contributed by atoms with Crippen molar-refractivity contribution in [1.82, 2.24) is 9.97 Å². The molecule has 0 saturated heterocycles. The summed E-state index contributed by atoms with van der Waals surface area (Å²) in [7, 11) is 0. The van der Waals surface area contributed by atoms with Gasteiger partial charge in [-0.3, -0.25) is 0 Å². The molecule has 1 aromatic carbocycles. The fraction of sp³-hybridized carbons (Fsp3) is 0.231. The Morgan fingerprint density at radius 1 is 1.26 bits per heavy atom. The fourth-order valence-corrected chi connectivity index (χ4v) is 2.06. The molecule has 0 spiro atoms. The Labute approximate surface area is 115 Å². The quantitative estimate of drug-likeness (QED) is 0.900. The summed E-state index contributed by atoms with van der Waals surface area (Å²) in [5.41, 5.74) is 5.90. The molecule has 1 aromatic heterocycles. The Morgan fingerprint density at radius 3 is 2.58 bits per heavy atom. The van der Waals surface area contributed by atoms with Crippen LogP contribution < -0.4 is 5.73 Å². The van der Waals surface area contributed by atoms with Gasteiger partial charge in [0.15, 0.2) is 5.82 Å². The van der Waals surface area contributed by atoms with Crippen molar-refractivity contribution in [3.05, 3.63) is 58.9 Å². The first kappa shape index (κ1) is 13.9. The van der Waals surface area contributed by atoms with Gasteiger partial charge in [-0.15, -0.1) is 0 Å². The number of hydrogen-bond acceptors (Lipinski definition) is 4. The molecule has 19 heavy (non-hydrogen) atoms. The van der Waals surface area contributed by atoms with Crippen LogP contribution in [0.1, 0.15) is 23.4 Å². The third-order valence-electron chi connectivity index (χ3n) is 2.87. The van der Waals surface area contributed by atoms with Gasteiger partial charge in [0.25, 0.3) is 0 Å². The van der Waals surface area contributed by atoms with Gasteiger partial charge >= 0.3 is 0 Å². The molecule has 4 nitrogen and oxygen atoms in total. The Balaban J connectivity index is 2.37. The van der Waals surface area contributed by atoms with E-state index in [-0.39, 0.29) is 23.0 Å². The van der Waals surface area contributed by atoms with Gasteiger partial charge in [-0.1, -0.05) is 23.7 Å². The molecule has 0 amide bonds. The highest BCUT2D eigenvalue weighted by Crippen LogP contribution is 2.32. The van der Waals surface area contributed by atoms with Crippen LogP contribution in [0.5, 0.6) is 0 Å². The van der Waals surface area contributed by atoms with Gasteiger partial charge in [-0.25, -0.2) is 14.4 Å². The standard InChI is InChI=1S/C13H13ClFN3O/c14-10-4-1-3-8(11(10)15)9(7-16)12(19)13-17-5-2-6-18-13/h1-6,9,12,19H,7,16H2. The highest BCUT2D eigenvalue weighted by molar-refractivity contribution is 6.30. The van der Waals surface area contributed by atoms with Gasteiger partial charge in [0, 0.05) is 24.9 Å². The number of rotatable bonds is 4. The van der Waals surface area contributed by atoms with Crippen molar-refractivity contribution in [2.24, 2.45) is 5.73 Å². The molecule has 2 unspecified atom stereocenters. The minimum Gasteiger partial charge on any atom is -0.384 e. The lowest BCUT2D eigenvalue weighted by Crippen LogP contribution is -2.22. The van der Waals surface area contributed by atoms with E-state index in [0.29, 0.717) is 0 Å². The largest absolute Gasteiger partial charge is 0.384 e. The topological polar surface area (TPSA) is 72.0 Å². The summed E-state index contributed by atoms with van der Waals surface area (Å²) in [5, 5.41) is 10.2. The Hall–Kier alpha value is -1.56. The van der Waals surface area contributed by atoms with E-state index in [2.05, 4.69) is 9.97 Å². The SMILES string of the molecule is NCC(c1cccc(Cl)c1F)C(O)c1ncccn1. The summed E-state index contributed by atoms with van der Waals surface area (Å²) in [6.07, 6.45) is 1.93. The van der Waals surface area contributed by atoms with E-state index in [1.165, 1.54) is 18.5 Å². The molecule has 0 saturated carbocycles. The Bertz CT molecular complexity index is 553. The first-order valence-corrected chi connectivity index (χ1v) is 6.12. The van der Waals surface area contributed by atoms with Crippen LogP contribution in [-0.2, 0) is 0 Å². The summed E-state index contributed by atoms with van der Waals surface area (Å²) in [6, 6.07) is 6.24. The Kier molecular flexibility index (Phi) is 4.42. The van der Waals surface area contributed by atoms with Crippen LogP contribution in [0.15, 0.2) is 36.7 Å². The number of nitrogens with zero attached hydrogens (tertiary/aromatic N) is 2. The zero-order valence-electron chi connectivity index (χ0n) is 10.0. The zero-order chi connectivity index (χ0) is 13.8. The summed E-state index contributed by atoms with van der Waals surface area (Å²) in [5.74, 6) is -1.02. The van der Waals surface area contributed by atoms with Gasteiger partial charge in [0.05, 0.1) is 5.02 Å². The Morgan fingerprint density at radius 2 is 1.95 bits per heavy atom. The third-order valence-corrected chi connectivity index (χ3v) is 3.16. The van der Waals surface area contributed by atoms with E-state index < -0.39 is 17.8 Å². The monoisotopic (exact) mass is 281 g/mol. The molecule has 0 aliphatic rings. The molecule has 2 atom stereocenters. The molecule has 0 bridgehead atoms.